The molecule has 9 heteroatoms. The number of amides is 1. The molecule has 7 nitrogen and oxygen atoms in total. The molecule has 2 saturated heterocycles. The summed E-state index contributed by atoms with van der Waals surface area (Å²) in [6, 6.07) is 5.46. The van der Waals surface area contributed by atoms with E-state index in [1.165, 1.54) is 13.2 Å². The molecule has 3 rings (SSSR count). The number of carbonyl (C=O) groups excluding carboxylic acids is 1. The van der Waals surface area contributed by atoms with Crippen LogP contribution in [0.4, 0.5) is 0 Å². The molecule has 1 aromatic carbocycles. The van der Waals surface area contributed by atoms with Gasteiger partial charge in [0, 0.05) is 36.8 Å². The molecule has 158 valence electrons. The minimum absolute atomic E-state index is 0. The van der Waals surface area contributed by atoms with Crippen molar-refractivity contribution in [1.29, 1.82) is 0 Å². The maximum atomic E-state index is 13.0. The Labute approximate surface area is 173 Å². The summed E-state index contributed by atoms with van der Waals surface area (Å²) in [4.78, 5) is 14.8. The molecule has 28 heavy (non-hydrogen) atoms. The summed E-state index contributed by atoms with van der Waals surface area (Å²) >= 11 is 0. The molecule has 2 aliphatic rings. The van der Waals surface area contributed by atoms with Crippen LogP contribution in [0.2, 0.25) is 0 Å². The van der Waals surface area contributed by atoms with Gasteiger partial charge in [-0.25, -0.2) is 13.1 Å². The first-order valence-corrected chi connectivity index (χ1v) is 10.9. The summed E-state index contributed by atoms with van der Waals surface area (Å²) in [5.74, 6) is 0.0622. The summed E-state index contributed by atoms with van der Waals surface area (Å²) < 4.78 is 33.0. The van der Waals surface area contributed by atoms with Crippen molar-refractivity contribution < 1.29 is 17.9 Å². The highest BCUT2D eigenvalue weighted by Crippen LogP contribution is 2.31. The zero-order chi connectivity index (χ0) is 19.8. The topological polar surface area (TPSA) is 87.7 Å². The molecule has 0 aromatic heterocycles. The summed E-state index contributed by atoms with van der Waals surface area (Å²) in [6.45, 7) is 3.50. The van der Waals surface area contributed by atoms with Crippen molar-refractivity contribution in [2.75, 3.05) is 14.2 Å². The SMILES string of the molecule is COc1ccc(C(=O)N(C)C2CC3CCC(C2)N3)cc1S(=O)(=O)NC(C)C.Cl. The highest BCUT2D eigenvalue weighted by atomic mass is 35.5. The minimum Gasteiger partial charge on any atom is -0.495 e. The van der Waals surface area contributed by atoms with Crippen LogP contribution in [-0.2, 0) is 10.0 Å². The van der Waals surface area contributed by atoms with Gasteiger partial charge in [-0.3, -0.25) is 4.79 Å². The van der Waals surface area contributed by atoms with E-state index in [-0.39, 0.29) is 41.0 Å². The van der Waals surface area contributed by atoms with E-state index >= 15 is 0 Å². The predicted molar refractivity (Wildman–Crippen MR) is 111 cm³/mol. The number of benzene rings is 1. The Balaban J connectivity index is 0.00000280. The Kier molecular flexibility index (Phi) is 7.36. The van der Waals surface area contributed by atoms with Gasteiger partial charge < -0.3 is 15.0 Å². The summed E-state index contributed by atoms with van der Waals surface area (Å²) in [6.07, 6.45) is 4.20. The van der Waals surface area contributed by atoms with Gasteiger partial charge in [0.1, 0.15) is 10.6 Å². The number of carbonyl (C=O) groups is 1. The van der Waals surface area contributed by atoms with Crippen LogP contribution in [0.1, 0.15) is 49.9 Å². The van der Waals surface area contributed by atoms with Crippen molar-refractivity contribution in [3.05, 3.63) is 23.8 Å². The van der Waals surface area contributed by atoms with Crippen molar-refractivity contribution in [2.24, 2.45) is 0 Å². The van der Waals surface area contributed by atoms with Crippen LogP contribution in [0.15, 0.2) is 23.1 Å². The molecule has 1 aromatic rings. The van der Waals surface area contributed by atoms with Crippen LogP contribution in [0, 0.1) is 0 Å². The van der Waals surface area contributed by atoms with Gasteiger partial charge in [-0.05, 0) is 57.7 Å². The van der Waals surface area contributed by atoms with E-state index in [1.54, 1.807) is 30.9 Å². The van der Waals surface area contributed by atoms with Crippen LogP contribution < -0.4 is 14.8 Å². The number of sulfonamides is 1. The van der Waals surface area contributed by atoms with Crippen molar-refractivity contribution in [3.8, 4) is 5.75 Å². The molecular weight excluding hydrogens is 402 g/mol. The molecule has 0 spiro atoms. The highest BCUT2D eigenvalue weighted by molar-refractivity contribution is 7.89. The van der Waals surface area contributed by atoms with E-state index < -0.39 is 10.0 Å². The standard InChI is InChI=1S/C19H29N3O4S.ClH/c1-12(2)21-27(24,25)18-9-13(5-8-17(18)26-4)19(23)22(3)16-10-14-6-7-15(11-16)20-14;/h5,8-9,12,14-16,20-21H,6-7,10-11H2,1-4H3;1H. The van der Waals surface area contributed by atoms with Gasteiger partial charge in [0.2, 0.25) is 10.0 Å². The van der Waals surface area contributed by atoms with Gasteiger partial charge in [0.15, 0.2) is 0 Å². The number of nitrogens with zero attached hydrogens (tertiary/aromatic N) is 1. The predicted octanol–water partition coefficient (Wildman–Crippen LogP) is 2.16. The van der Waals surface area contributed by atoms with E-state index in [0.717, 1.165) is 25.7 Å². The zero-order valence-electron chi connectivity index (χ0n) is 16.8. The Morgan fingerprint density at radius 1 is 1.25 bits per heavy atom. The molecule has 2 heterocycles. The number of halogens is 1. The number of rotatable bonds is 6. The maximum Gasteiger partial charge on any atom is 0.253 e. The van der Waals surface area contributed by atoms with Gasteiger partial charge in [-0.2, -0.15) is 0 Å². The fourth-order valence-electron chi connectivity index (χ4n) is 4.11. The number of piperidine rings is 1. The third-order valence-electron chi connectivity index (χ3n) is 5.41. The van der Waals surface area contributed by atoms with Crippen LogP contribution >= 0.6 is 12.4 Å². The lowest BCUT2D eigenvalue weighted by molar-refractivity contribution is 0.0681. The number of hydrogen-bond acceptors (Lipinski definition) is 5. The van der Waals surface area contributed by atoms with E-state index in [0.29, 0.717) is 17.6 Å². The van der Waals surface area contributed by atoms with Gasteiger partial charge in [-0.15, -0.1) is 12.4 Å². The fraction of sp³-hybridized carbons (Fsp3) is 0.632. The van der Waals surface area contributed by atoms with Gasteiger partial charge in [0.25, 0.3) is 5.91 Å². The molecule has 2 bridgehead atoms. The van der Waals surface area contributed by atoms with Gasteiger partial charge in [-0.1, -0.05) is 0 Å². The molecule has 2 N–H and O–H groups in total. The van der Waals surface area contributed by atoms with Gasteiger partial charge >= 0.3 is 0 Å². The number of methoxy groups -OCH3 is 1. The van der Waals surface area contributed by atoms with Crippen LogP contribution in [-0.4, -0.2) is 57.5 Å². The lowest BCUT2D eigenvalue weighted by Gasteiger charge is -2.35. The van der Waals surface area contributed by atoms with Crippen LogP contribution in [0.25, 0.3) is 0 Å². The summed E-state index contributed by atoms with van der Waals surface area (Å²) in [5.41, 5.74) is 0.355. The Morgan fingerprint density at radius 2 is 1.86 bits per heavy atom. The molecule has 0 saturated carbocycles. The molecule has 2 aliphatic heterocycles. The molecule has 1 amide bonds. The van der Waals surface area contributed by atoms with Crippen molar-refractivity contribution in [1.82, 2.24) is 14.9 Å². The quantitative estimate of drug-likeness (QED) is 0.720. The largest absolute Gasteiger partial charge is 0.495 e. The molecule has 2 atom stereocenters. The Morgan fingerprint density at radius 3 is 2.39 bits per heavy atom. The lowest BCUT2D eigenvalue weighted by Crippen LogP contribution is -2.48. The third-order valence-corrected chi connectivity index (χ3v) is 7.09. The minimum atomic E-state index is -3.77. The molecule has 2 fully saturated rings. The van der Waals surface area contributed by atoms with Crippen LogP contribution in [0.5, 0.6) is 5.75 Å². The van der Waals surface area contributed by atoms with Crippen molar-refractivity contribution in [2.45, 2.75) is 68.6 Å². The van der Waals surface area contributed by atoms with E-state index in [9.17, 15) is 13.2 Å². The van der Waals surface area contributed by atoms with E-state index in [4.69, 9.17) is 4.74 Å². The molecular formula is C19H30ClN3O4S. The molecule has 0 radical (unpaired) electrons. The molecule has 0 aliphatic carbocycles. The average Bonchev–Trinajstić information content (AvgIpc) is 2.96. The Bertz CT molecular complexity index is 803. The monoisotopic (exact) mass is 431 g/mol. The van der Waals surface area contributed by atoms with Crippen LogP contribution in [0.3, 0.4) is 0 Å². The highest BCUT2D eigenvalue weighted by Gasteiger charge is 2.36. The second kappa shape index (κ2) is 8.98. The second-order valence-electron chi connectivity index (χ2n) is 7.82. The smallest absolute Gasteiger partial charge is 0.253 e. The summed E-state index contributed by atoms with van der Waals surface area (Å²) in [7, 11) is -0.545. The number of nitrogens with one attached hydrogen (secondary N) is 2. The fourth-order valence-corrected chi connectivity index (χ4v) is 5.55. The molecule has 2 unspecified atom stereocenters. The zero-order valence-corrected chi connectivity index (χ0v) is 18.4. The number of ether oxygens (including phenoxy) is 1. The van der Waals surface area contributed by atoms with Crippen molar-refractivity contribution in [3.63, 3.8) is 0 Å². The first-order chi connectivity index (χ1) is 12.7. The average molecular weight is 432 g/mol. The van der Waals surface area contributed by atoms with E-state index in [1.807, 2.05) is 7.05 Å². The second-order valence-corrected chi connectivity index (χ2v) is 9.50. The first kappa shape index (κ1) is 22.9. The normalized spacial score (nSPS) is 24.0. The van der Waals surface area contributed by atoms with Gasteiger partial charge in [0.05, 0.1) is 7.11 Å². The maximum absolute atomic E-state index is 13.0. The van der Waals surface area contributed by atoms with Crippen molar-refractivity contribution >= 4 is 28.3 Å². The van der Waals surface area contributed by atoms with E-state index in [2.05, 4.69) is 10.0 Å². The Hall–Kier alpha value is -1.35. The summed E-state index contributed by atoms with van der Waals surface area (Å²) in [5, 5.41) is 3.57. The third kappa shape index (κ3) is 4.79. The number of hydrogen-bond donors (Lipinski definition) is 2. The lowest BCUT2D eigenvalue weighted by atomic mass is 9.98. The number of fused-ring (bicyclic) bond motifs is 2. The first-order valence-electron chi connectivity index (χ1n) is 9.45.